The number of urea groups is 1. The Kier molecular flexibility index (Phi) is 5.26. The number of nitrogens with one attached hydrogen (secondary N) is 2. The molecule has 1 fully saturated rings. The van der Waals surface area contributed by atoms with Crippen LogP contribution < -0.4 is 16.2 Å². The Labute approximate surface area is 139 Å². The van der Waals surface area contributed by atoms with E-state index in [0.29, 0.717) is 25.4 Å². The van der Waals surface area contributed by atoms with Crippen LogP contribution in [0.3, 0.4) is 0 Å². The van der Waals surface area contributed by atoms with Gasteiger partial charge in [0.1, 0.15) is 5.54 Å². The van der Waals surface area contributed by atoms with E-state index >= 15 is 0 Å². The second kappa shape index (κ2) is 7.02. The van der Waals surface area contributed by atoms with Gasteiger partial charge in [0, 0.05) is 19.3 Å². The molecule has 2 rings (SSSR count). The molecular formula is C16H22FN3O4. The number of hydrogen-bond donors (Lipinski definition) is 2. The van der Waals surface area contributed by atoms with Crippen molar-refractivity contribution in [2.45, 2.75) is 38.6 Å². The molecule has 24 heavy (non-hydrogen) atoms. The van der Waals surface area contributed by atoms with Gasteiger partial charge in [0.05, 0.1) is 12.3 Å². The zero-order valence-electron chi connectivity index (χ0n) is 14.0. The van der Waals surface area contributed by atoms with Crippen molar-refractivity contribution in [1.29, 1.82) is 0 Å². The molecule has 8 heteroatoms. The molecule has 1 aromatic rings. The second-order valence-corrected chi connectivity index (χ2v) is 6.46. The Morgan fingerprint density at radius 3 is 2.67 bits per heavy atom. The van der Waals surface area contributed by atoms with Crippen LogP contribution in [0.4, 0.5) is 14.9 Å². The van der Waals surface area contributed by atoms with Gasteiger partial charge < -0.3 is 19.9 Å². The van der Waals surface area contributed by atoms with Crippen LogP contribution in [0, 0.1) is 11.7 Å². The van der Waals surface area contributed by atoms with Gasteiger partial charge >= 0.3 is 12.0 Å². The summed E-state index contributed by atoms with van der Waals surface area (Å²) < 4.78 is 20.0. The van der Waals surface area contributed by atoms with Crippen LogP contribution >= 0.6 is 0 Å². The lowest BCUT2D eigenvalue weighted by molar-refractivity contribution is -0.147. The van der Waals surface area contributed by atoms with E-state index in [1.165, 1.54) is 7.05 Å². The van der Waals surface area contributed by atoms with Crippen molar-refractivity contribution in [2.75, 3.05) is 11.9 Å². The average Bonchev–Trinajstić information content (AvgIpc) is 3.25. The summed E-state index contributed by atoms with van der Waals surface area (Å²) in [6.45, 7) is 4.33. The summed E-state index contributed by atoms with van der Waals surface area (Å²) in [5, 5.41) is 4.77. The maximum Gasteiger partial charge on any atom is 0.331 e. The molecule has 1 aliphatic carbocycles. The van der Waals surface area contributed by atoms with Gasteiger partial charge in [-0.2, -0.15) is 0 Å². The van der Waals surface area contributed by atoms with Crippen LogP contribution in [0.25, 0.3) is 0 Å². The molecule has 1 saturated carbocycles. The molecular weight excluding hydrogens is 317 g/mol. The van der Waals surface area contributed by atoms with Crippen LogP contribution in [0.5, 0.6) is 0 Å². The summed E-state index contributed by atoms with van der Waals surface area (Å²) in [5.74, 6) is -0.813. The van der Waals surface area contributed by atoms with Gasteiger partial charge in [0.2, 0.25) is 0 Å². The summed E-state index contributed by atoms with van der Waals surface area (Å²) >= 11 is 0. The van der Waals surface area contributed by atoms with Crippen molar-refractivity contribution in [3.63, 3.8) is 0 Å². The van der Waals surface area contributed by atoms with Crippen molar-refractivity contribution < 1.29 is 18.7 Å². The highest BCUT2D eigenvalue weighted by Crippen LogP contribution is 2.36. The summed E-state index contributed by atoms with van der Waals surface area (Å²) in [5.41, 5.74) is -1.74. The number of ether oxygens (including phenoxy) is 1. The van der Waals surface area contributed by atoms with Crippen LogP contribution in [0.1, 0.15) is 33.1 Å². The van der Waals surface area contributed by atoms with E-state index < -0.39 is 28.9 Å². The molecule has 1 aromatic heterocycles. The van der Waals surface area contributed by atoms with E-state index in [4.69, 9.17) is 4.74 Å². The summed E-state index contributed by atoms with van der Waals surface area (Å²) in [6.07, 6.45) is 2.66. The molecule has 2 amide bonds. The highest BCUT2D eigenvalue weighted by atomic mass is 19.1. The van der Waals surface area contributed by atoms with Crippen molar-refractivity contribution in [3.8, 4) is 0 Å². The molecule has 0 aliphatic heterocycles. The second-order valence-electron chi connectivity index (χ2n) is 6.46. The summed E-state index contributed by atoms with van der Waals surface area (Å²) in [7, 11) is 1.40. The van der Waals surface area contributed by atoms with Gasteiger partial charge in [-0.3, -0.25) is 4.79 Å². The minimum atomic E-state index is -1.04. The van der Waals surface area contributed by atoms with Gasteiger partial charge in [0.15, 0.2) is 5.82 Å². The average molecular weight is 339 g/mol. The van der Waals surface area contributed by atoms with Crippen LogP contribution in [-0.4, -0.2) is 28.7 Å². The predicted octanol–water partition coefficient (Wildman–Crippen LogP) is 1.77. The van der Waals surface area contributed by atoms with Gasteiger partial charge in [0.25, 0.3) is 5.56 Å². The number of aromatic nitrogens is 1. The molecule has 0 spiro atoms. The molecule has 1 aliphatic rings. The number of hydrogen-bond acceptors (Lipinski definition) is 4. The predicted molar refractivity (Wildman–Crippen MR) is 86.2 cm³/mol. The number of halogens is 1. The fourth-order valence-corrected chi connectivity index (χ4v) is 2.09. The van der Waals surface area contributed by atoms with Gasteiger partial charge in [-0.1, -0.05) is 13.8 Å². The lowest BCUT2D eigenvalue weighted by atomic mass is 10.1. The van der Waals surface area contributed by atoms with E-state index in [1.54, 1.807) is 0 Å². The maximum absolute atomic E-state index is 13.7. The SMILES string of the molecule is CC(C)CCOC(=O)C1(NC(=O)Nc2cc(=O)n(C)cc2F)CC1. The highest BCUT2D eigenvalue weighted by Gasteiger charge is 2.52. The topological polar surface area (TPSA) is 89.4 Å². The Bertz CT molecular complexity index is 695. The molecule has 0 unspecified atom stereocenters. The largest absolute Gasteiger partial charge is 0.464 e. The first-order valence-corrected chi connectivity index (χ1v) is 7.86. The van der Waals surface area contributed by atoms with E-state index in [9.17, 15) is 18.8 Å². The number of esters is 1. The van der Waals surface area contributed by atoms with Crippen molar-refractivity contribution >= 4 is 17.7 Å². The molecule has 0 saturated heterocycles. The van der Waals surface area contributed by atoms with E-state index in [-0.39, 0.29) is 5.69 Å². The Morgan fingerprint density at radius 1 is 1.42 bits per heavy atom. The number of nitrogens with zero attached hydrogens (tertiary/aromatic N) is 1. The van der Waals surface area contributed by atoms with Crippen LogP contribution in [0.15, 0.2) is 17.1 Å². The van der Waals surface area contributed by atoms with Crippen LogP contribution in [0.2, 0.25) is 0 Å². The molecule has 132 valence electrons. The van der Waals surface area contributed by atoms with E-state index in [0.717, 1.165) is 23.3 Å². The van der Waals surface area contributed by atoms with Gasteiger partial charge in [-0.15, -0.1) is 0 Å². The first kappa shape index (κ1) is 18.0. The van der Waals surface area contributed by atoms with Crippen molar-refractivity contribution in [3.05, 3.63) is 28.4 Å². The third-order valence-electron chi connectivity index (χ3n) is 3.85. The number of carbonyl (C=O) groups excluding carboxylic acids is 2. The standard InChI is InChI=1S/C16H22FN3O4/c1-10(2)4-7-24-14(22)16(5-6-16)19-15(23)18-12-8-13(21)20(3)9-11(12)17/h8-10H,4-7H2,1-3H3,(H2,18,19,23). The third-order valence-corrected chi connectivity index (χ3v) is 3.85. The number of amides is 2. The number of pyridine rings is 1. The molecule has 0 aromatic carbocycles. The fourth-order valence-electron chi connectivity index (χ4n) is 2.09. The number of aryl methyl sites for hydroxylation is 1. The minimum Gasteiger partial charge on any atom is -0.464 e. The molecule has 2 N–H and O–H groups in total. The molecule has 0 radical (unpaired) electrons. The minimum absolute atomic E-state index is 0.237. The first-order chi connectivity index (χ1) is 11.2. The highest BCUT2D eigenvalue weighted by molar-refractivity contribution is 5.95. The summed E-state index contributed by atoms with van der Waals surface area (Å²) in [4.78, 5) is 35.6. The molecule has 0 bridgehead atoms. The Hall–Kier alpha value is -2.38. The lowest BCUT2D eigenvalue weighted by Gasteiger charge is -2.17. The number of rotatable bonds is 6. The number of anilines is 1. The van der Waals surface area contributed by atoms with Gasteiger partial charge in [-0.25, -0.2) is 14.0 Å². The monoisotopic (exact) mass is 339 g/mol. The van der Waals surface area contributed by atoms with Crippen molar-refractivity contribution in [1.82, 2.24) is 9.88 Å². The molecule has 7 nitrogen and oxygen atoms in total. The fraction of sp³-hybridized carbons (Fsp3) is 0.562. The number of carbonyl (C=O) groups is 2. The quantitative estimate of drug-likeness (QED) is 0.773. The lowest BCUT2D eigenvalue weighted by Crippen LogP contribution is -2.46. The van der Waals surface area contributed by atoms with Crippen LogP contribution in [-0.2, 0) is 16.6 Å². The maximum atomic E-state index is 13.7. The zero-order valence-corrected chi connectivity index (χ0v) is 14.0. The van der Waals surface area contributed by atoms with Crippen molar-refractivity contribution in [2.24, 2.45) is 13.0 Å². The Morgan fingerprint density at radius 2 is 2.08 bits per heavy atom. The molecule has 1 heterocycles. The Balaban J connectivity index is 1.93. The zero-order chi connectivity index (χ0) is 17.9. The van der Waals surface area contributed by atoms with Gasteiger partial charge in [-0.05, 0) is 25.2 Å². The first-order valence-electron chi connectivity index (χ1n) is 7.86. The summed E-state index contributed by atoms with van der Waals surface area (Å²) in [6, 6.07) is 0.232. The van der Waals surface area contributed by atoms with E-state index in [1.807, 2.05) is 13.8 Å². The normalized spacial score (nSPS) is 15.0. The molecule has 0 atom stereocenters. The van der Waals surface area contributed by atoms with E-state index in [2.05, 4.69) is 10.6 Å². The smallest absolute Gasteiger partial charge is 0.331 e. The third kappa shape index (κ3) is 4.33.